The first-order chi connectivity index (χ1) is 10.7. The van der Waals surface area contributed by atoms with Crippen LogP contribution in [0.4, 0.5) is 0 Å². The molecule has 1 aromatic rings. The lowest BCUT2D eigenvalue weighted by Gasteiger charge is -2.26. The third kappa shape index (κ3) is 8.87. The van der Waals surface area contributed by atoms with Gasteiger partial charge in [-0.05, 0) is 49.9 Å². The van der Waals surface area contributed by atoms with Crippen molar-refractivity contribution in [3.8, 4) is 0 Å². The predicted molar refractivity (Wildman–Crippen MR) is 110 cm³/mol. The molecule has 0 spiro atoms. The molecule has 2 unspecified atom stereocenters. The van der Waals surface area contributed by atoms with Crippen LogP contribution in [0.15, 0.2) is 30.3 Å². The van der Waals surface area contributed by atoms with E-state index in [1.165, 1.54) is 56.8 Å². The Bertz CT molecular complexity index is 361. The van der Waals surface area contributed by atoms with E-state index in [1.54, 1.807) is 0 Å². The smallest absolute Gasteiger partial charge is 0.0236 e. The standard InChI is InChI=1S/C18H29N.C2H7P.CH4/c1-3-16(4-2)12-13-18-11-8-14-19(18)15-17-9-6-5-7-10-17;1-2-3;/h5-7,9-10,16,18H,3-4,8,11-15H2,1-2H3;2-3H2,1H3;1H4. The largest absolute Gasteiger partial charge is 0.296 e. The van der Waals surface area contributed by atoms with Crippen LogP contribution in [-0.4, -0.2) is 23.6 Å². The first-order valence-corrected chi connectivity index (χ1v) is 10.0. The van der Waals surface area contributed by atoms with Crippen molar-refractivity contribution in [2.45, 2.75) is 79.3 Å². The van der Waals surface area contributed by atoms with Crippen molar-refractivity contribution in [3.05, 3.63) is 35.9 Å². The number of benzene rings is 1. The molecule has 23 heavy (non-hydrogen) atoms. The Hall–Kier alpha value is -0.390. The molecule has 0 radical (unpaired) electrons. The van der Waals surface area contributed by atoms with Crippen LogP contribution in [0.25, 0.3) is 0 Å². The van der Waals surface area contributed by atoms with E-state index >= 15 is 0 Å². The maximum atomic E-state index is 2.71. The number of likely N-dealkylation sites (tertiary alicyclic amines) is 1. The number of nitrogens with zero attached hydrogens (tertiary/aromatic N) is 1. The van der Waals surface area contributed by atoms with Crippen molar-refractivity contribution in [3.63, 3.8) is 0 Å². The molecule has 0 saturated carbocycles. The lowest BCUT2D eigenvalue weighted by Crippen LogP contribution is -2.29. The fraction of sp³-hybridized carbons (Fsp3) is 0.714. The highest BCUT2D eigenvalue weighted by molar-refractivity contribution is 7.16. The Morgan fingerprint density at radius 1 is 1.13 bits per heavy atom. The van der Waals surface area contributed by atoms with E-state index in [9.17, 15) is 0 Å². The average Bonchev–Trinajstić information content (AvgIpc) is 2.97. The van der Waals surface area contributed by atoms with E-state index in [-0.39, 0.29) is 7.43 Å². The summed E-state index contributed by atoms with van der Waals surface area (Å²) in [5.41, 5.74) is 1.47. The topological polar surface area (TPSA) is 3.24 Å². The summed E-state index contributed by atoms with van der Waals surface area (Å²) in [5.74, 6) is 0.944. The highest BCUT2D eigenvalue weighted by atomic mass is 31.0. The van der Waals surface area contributed by atoms with Gasteiger partial charge in [-0.25, -0.2) is 0 Å². The third-order valence-electron chi connectivity index (χ3n) is 4.79. The Morgan fingerprint density at radius 3 is 2.30 bits per heavy atom. The predicted octanol–water partition coefficient (Wildman–Crippen LogP) is 6.38. The minimum Gasteiger partial charge on any atom is -0.296 e. The second kappa shape index (κ2) is 14.0. The highest BCUT2D eigenvalue weighted by Crippen LogP contribution is 2.26. The van der Waals surface area contributed by atoms with Gasteiger partial charge < -0.3 is 0 Å². The molecule has 0 aliphatic carbocycles. The zero-order chi connectivity index (χ0) is 16.2. The van der Waals surface area contributed by atoms with Gasteiger partial charge in [0.25, 0.3) is 0 Å². The van der Waals surface area contributed by atoms with Crippen LogP contribution >= 0.6 is 9.24 Å². The molecular weight excluding hydrogens is 297 g/mol. The van der Waals surface area contributed by atoms with Gasteiger partial charge in [-0.3, -0.25) is 4.90 Å². The zero-order valence-corrected chi connectivity index (χ0v) is 16.1. The first-order valence-electron chi connectivity index (χ1n) is 9.23. The van der Waals surface area contributed by atoms with Crippen molar-refractivity contribution in [1.82, 2.24) is 4.90 Å². The number of hydrogen-bond acceptors (Lipinski definition) is 1. The van der Waals surface area contributed by atoms with Crippen molar-refractivity contribution >= 4 is 9.24 Å². The fourth-order valence-corrected chi connectivity index (χ4v) is 3.37. The van der Waals surface area contributed by atoms with E-state index in [2.05, 4.69) is 65.2 Å². The highest BCUT2D eigenvalue weighted by Gasteiger charge is 2.24. The Labute approximate surface area is 148 Å². The van der Waals surface area contributed by atoms with Crippen LogP contribution in [-0.2, 0) is 6.54 Å². The lowest BCUT2D eigenvalue weighted by atomic mass is 9.94. The van der Waals surface area contributed by atoms with Gasteiger partial charge in [0.15, 0.2) is 0 Å². The molecule has 134 valence electrons. The summed E-state index contributed by atoms with van der Waals surface area (Å²) >= 11 is 0. The lowest BCUT2D eigenvalue weighted by molar-refractivity contribution is 0.221. The number of hydrogen-bond donors (Lipinski definition) is 0. The van der Waals surface area contributed by atoms with Crippen molar-refractivity contribution in [2.75, 3.05) is 12.7 Å². The first kappa shape index (κ1) is 22.6. The van der Waals surface area contributed by atoms with Crippen molar-refractivity contribution in [2.24, 2.45) is 5.92 Å². The molecule has 2 rings (SSSR count). The molecule has 1 heterocycles. The monoisotopic (exact) mass is 337 g/mol. The van der Waals surface area contributed by atoms with Gasteiger partial charge in [0.2, 0.25) is 0 Å². The van der Waals surface area contributed by atoms with Gasteiger partial charge in [0.1, 0.15) is 0 Å². The Kier molecular flexibility index (Phi) is 13.8. The summed E-state index contributed by atoms with van der Waals surface area (Å²) in [5, 5.41) is 0. The summed E-state index contributed by atoms with van der Waals surface area (Å²) < 4.78 is 0. The second-order valence-electron chi connectivity index (χ2n) is 6.42. The van der Waals surface area contributed by atoms with Gasteiger partial charge in [-0.2, -0.15) is 0 Å². The van der Waals surface area contributed by atoms with Gasteiger partial charge in [-0.15, -0.1) is 9.24 Å². The summed E-state index contributed by atoms with van der Waals surface area (Å²) in [7, 11) is 2.58. The van der Waals surface area contributed by atoms with Crippen LogP contribution < -0.4 is 0 Å². The van der Waals surface area contributed by atoms with Crippen molar-refractivity contribution in [1.29, 1.82) is 0 Å². The van der Waals surface area contributed by atoms with E-state index in [0.717, 1.165) is 18.5 Å². The molecule has 0 aromatic heterocycles. The molecule has 1 saturated heterocycles. The summed E-state index contributed by atoms with van der Waals surface area (Å²) in [4.78, 5) is 2.71. The van der Waals surface area contributed by atoms with Gasteiger partial charge >= 0.3 is 0 Å². The molecule has 0 N–H and O–H groups in total. The molecule has 0 bridgehead atoms. The average molecular weight is 338 g/mol. The third-order valence-corrected chi connectivity index (χ3v) is 4.79. The van der Waals surface area contributed by atoms with Gasteiger partial charge in [0, 0.05) is 12.6 Å². The Morgan fingerprint density at radius 2 is 1.74 bits per heavy atom. The normalized spacial score (nSPS) is 17.5. The molecule has 2 atom stereocenters. The minimum absolute atomic E-state index is 0. The van der Waals surface area contributed by atoms with Crippen LogP contribution in [0.1, 0.15) is 72.3 Å². The van der Waals surface area contributed by atoms with Crippen LogP contribution in [0.3, 0.4) is 0 Å². The van der Waals surface area contributed by atoms with Crippen LogP contribution in [0.5, 0.6) is 0 Å². The SMILES string of the molecule is C.CCC(CC)CCC1CCCN1Cc1ccccc1.CCP. The summed E-state index contributed by atoms with van der Waals surface area (Å²) in [6.45, 7) is 9.21. The molecule has 1 aliphatic rings. The fourth-order valence-electron chi connectivity index (χ4n) is 3.37. The number of rotatable bonds is 7. The van der Waals surface area contributed by atoms with E-state index < -0.39 is 0 Å². The molecule has 2 heteroatoms. The maximum absolute atomic E-state index is 2.71. The quantitative estimate of drug-likeness (QED) is 0.521. The molecule has 1 fully saturated rings. The van der Waals surface area contributed by atoms with E-state index in [0.29, 0.717) is 0 Å². The van der Waals surface area contributed by atoms with Crippen molar-refractivity contribution < 1.29 is 0 Å². The minimum atomic E-state index is 0. The van der Waals surface area contributed by atoms with Gasteiger partial charge in [0.05, 0.1) is 0 Å². The molecule has 0 amide bonds. The summed E-state index contributed by atoms with van der Waals surface area (Å²) in [6.07, 6.45) is 9.49. The van der Waals surface area contributed by atoms with Crippen LogP contribution in [0, 0.1) is 5.92 Å². The molecular formula is C21H40NP. The Balaban J connectivity index is 0.00000112. The zero-order valence-electron chi connectivity index (χ0n) is 14.9. The van der Waals surface area contributed by atoms with Gasteiger partial charge in [-0.1, -0.05) is 71.4 Å². The maximum Gasteiger partial charge on any atom is 0.0236 e. The summed E-state index contributed by atoms with van der Waals surface area (Å²) in [6, 6.07) is 11.8. The van der Waals surface area contributed by atoms with Crippen LogP contribution in [0.2, 0.25) is 0 Å². The second-order valence-corrected chi connectivity index (χ2v) is 7.24. The van der Waals surface area contributed by atoms with E-state index in [4.69, 9.17) is 0 Å². The molecule has 1 aromatic carbocycles. The molecule has 1 nitrogen and oxygen atoms in total. The molecule has 1 aliphatic heterocycles. The van der Waals surface area contributed by atoms with E-state index in [1.807, 2.05) is 0 Å².